The predicted octanol–water partition coefficient (Wildman–Crippen LogP) is 4.24. The Morgan fingerprint density at radius 3 is 2.45 bits per heavy atom. The van der Waals surface area contributed by atoms with E-state index in [-0.39, 0.29) is 6.42 Å². The molecule has 1 atom stereocenters. The van der Waals surface area contributed by atoms with Crippen molar-refractivity contribution in [2.24, 2.45) is 0 Å². The van der Waals surface area contributed by atoms with Gasteiger partial charge in [0, 0.05) is 0 Å². The van der Waals surface area contributed by atoms with Crippen molar-refractivity contribution in [3.05, 3.63) is 36.5 Å². The molecule has 20 heavy (non-hydrogen) atoms. The van der Waals surface area contributed by atoms with Gasteiger partial charge in [-0.1, -0.05) is 62.6 Å². The minimum absolute atomic E-state index is 0.271. The maximum absolute atomic E-state index is 10.4. The Bertz CT molecular complexity index is 316. The second-order valence-electron chi connectivity index (χ2n) is 4.84. The van der Waals surface area contributed by atoms with Gasteiger partial charge < -0.3 is 10.2 Å². The minimum Gasteiger partial charge on any atom is -0.479 e. The van der Waals surface area contributed by atoms with Crippen LogP contribution in [0.1, 0.15) is 58.3 Å². The molecule has 0 spiro atoms. The van der Waals surface area contributed by atoms with Gasteiger partial charge >= 0.3 is 5.97 Å². The lowest BCUT2D eigenvalue weighted by Gasteiger charge is -2.00. The third-order valence-electron chi connectivity index (χ3n) is 2.94. The van der Waals surface area contributed by atoms with E-state index in [0.29, 0.717) is 6.42 Å². The van der Waals surface area contributed by atoms with Crippen LogP contribution in [0.2, 0.25) is 0 Å². The lowest BCUT2D eigenvalue weighted by molar-refractivity contribution is -0.146. The van der Waals surface area contributed by atoms with Crippen LogP contribution in [-0.2, 0) is 4.79 Å². The van der Waals surface area contributed by atoms with E-state index in [2.05, 4.69) is 25.2 Å². The third kappa shape index (κ3) is 13.1. The first kappa shape index (κ1) is 18.7. The summed E-state index contributed by atoms with van der Waals surface area (Å²) in [7, 11) is 0. The molecule has 114 valence electrons. The summed E-state index contributed by atoms with van der Waals surface area (Å²) in [4.78, 5) is 10.4. The van der Waals surface area contributed by atoms with Crippen LogP contribution in [0.5, 0.6) is 0 Å². The molecule has 0 radical (unpaired) electrons. The fraction of sp³-hybridized carbons (Fsp3) is 0.588. The van der Waals surface area contributed by atoms with Gasteiger partial charge in [0.05, 0.1) is 0 Å². The maximum atomic E-state index is 10.4. The largest absolute Gasteiger partial charge is 0.479 e. The lowest BCUT2D eigenvalue weighted by Crippen LogP contribution is -2.18. The molecule has 3 heteroatoms. The Kier molecular flexibility index (Phi) is 13.1. The summed E-state index contributed by atoms with van der Waals surface area (Å²) in [5.74, 6) is -1.15. The zero-order chi connectivity index (χ0) is 15.1. The molecule has 3 nitrogen and oxygen atoms in total. The van der Waals surface area contributed by atoms with Gasteiger partial charge in [-0.05, 0) is 32.1 Å². The number of carbonyl (C=O) groups is 1. The van der Waals surface area contributed by atoms with Gasteiger partial charge in [0.1, 0.15) is 0 Å². The third-order valence-corrected chi connectivity index (χ3v) is 2.94. The first-order valence-electron chi connectivity index (χ1n) is 7.56. The Morgan fingerprint density at radius 1 is 1.00 bits per heavy atom. The number of hydrogen-bond acceptors (Lipinski definition) is 2. The van der Waals surface area contributed by atoms with Gasteiger partial charge in [0.15, 0.2) is 6.10 Å². The Morgan fingerprint density at radius 2 is 1.75 bits per heavy atom. The highest BCUT2D eigenvalue weighted by molar-refractivity contribution is 5.71. The molecule has 1 unspecified atom stereocenters. The summed E-state index contributed by atoms with van der Waals surface area (Å²) in [6.45, 7) is 2.22. The van der Waals surface area contributed by atoms with E-state index in [4.69, 9.17) is 10.2 Å². The summed E-state index contributed by atoms with van der Waals surface area (Å²) in [5.41, 5.74) is 0. The van der Waals surface area contributed by atoms with Gasteiger partial charge in [-0.25, -0.2) is 4.79 Å². The van der Waals surface area contributed by atoms with E-state index in [0.717, 1.165) is 12.8 Å². The quantitative estimate of drug-likeness (QED) is 0.319. The molecule has 0 amide bonds. The first-order valence-corrected chi connectivity index (χ1v) is 7.56. The number of carboxylic acid groups (broad SMARTS) is 1. The van der Waals surface area contributed by atoms with Crippen LogP contribution in [0.15, 0.2) is 36.5 Å². The summed E-state index contributed by atoms with van der Waals surface area (Å²) in [5, 5.41) is 17.5. The molecule has 0 fully saturated rings. The van der Waals surface area contributed by atoms with Gasteiger partial charge in [0.2, 0.25) is 0 Å². The lowest BCUT2D eigenvalue weighted by atomic mass is 10.1. The van der Waals surface area contributed by atoms with Crippen LogP contribution in [0.3, 0.4) is 0 Å². The van der Waals surface area contributed by atoms with E-state index < -0.39 is 12.1 Å². The van der Waals surface area contributed by atoms with E-state index in [1.165, 1.54) is 25.7 Å². The molecule has 0 saturated heterocycles. The summed E-state index contributed by atoms with van der Waals surface area (Å²) in [6, 6.07) is 0. The number of aliphatic carboxylic acids is 1. The second kappa shape index (κ2) is 14.1. The first-order chi connectivity index (χ1) is 9.68. The smallest absolute Gasteiger partial charge is 0.332 e. The number of allylic oxidation sites excluding steroid dienone is 6. The van der Waals surface area contributed by atoms with Gasteiger partial charge in [0.25, 0.3) is 0 Å². The van der Waals surface area contributed by atoms with Crippen LogP contribution in [0.4, 0.5) is 0 Å². The van der Waals surface area contributed by atoms with Crippen molar-refractivity contribution >= 4 is 5.97 Å². The van der Waals surface area contributed by atoms with Crippen LogP contribution >= 0.6 is 0 Å². The summed E-state index contributed by atoms with van der Waals surface area (Å²) < 4.78 is 0. The molecule has 0 saturated carbocycles. The van der Waals surface area contributed by atoms with E-state index >= 15 is 0 Å². The highest BCUT2D eigenvalue weighted by Crippen LogP contribution is 2.03. The Hall–Kier alpha value is -1.35. The van der Waals surface area contributed by atoms with Crippen LogP contribution in [-0.4, -0.2) is 22.3 Å². The molecule has 0 heterocycles. The normalized spacial score (nSPS) is 13.7. The van der Waals surface area contributed by atoms with E-state index in [1.54, 1.807) is 0 Å². The van der Waals surface area contributed by atoms with Crippen molar-refractivity contribution in [1.82, 2.24) is 0 Å². The molecule has 0 aliphatic rings. The number of hydrogen-bond donors (Lipinski definition) is 2. The number of rotatable bonds is 12. The monoisotopic (exact) mass is 280 g/mol. The standard InChI is InChI=1S/C17H28O3/c1-2-3-4-5-6-7-8-9-10-11-12-13-14-15-16(18)17(19)20/h7-10,12-13,16,18H,2-6,11,14-15H2,1H3,(H,19,20). The van der Waals surface area contributed by atoms with E-state index in [9.17, 15) is 4.79 Å². The zero-order valence-electron chi connectivity index (χ0n) is 12.5. The summed E-state index contributed by atoms with van der Waals surface area (Å²) >= 11 is 0. The number of aliphatic hydroxyl groups excluding tert-OH is 1. The van der Waals surface area contributed by atoms with Crippen molar-refractivity contribution < 1.29 is 15.0 Å². The van der Waals surface area contributed by atoms with Gasteiger partial charge in [-0.15, -0.1) is 0 Å². The van der Waals surface area contributed by atoms with Gasteiger partial charge in [-0.2, -0.15) is 0 Å². The number of carboxylic acids is 1. The minimum atomic E-state index is -1.24. The average molecular weight is 280 g/mol. The van der Waals surface area contributed by atoms with Crippen molar-refractivity contribution in [2.75, 3.05) is 0 Å². The van der Waals surface area contributed by atoms with Crippen molar-refractivity contribution in [3.63, 3.8) is 0 Å². The highest BCUT2D eigenvalue weighted by Gasteiger charge is 2.10. The van der Waals surface area contributed by atoms with Crippen molar-refractivity contribution in [2.45, 2.75) is 64.4 Å². The molecular weight excluding hydrogens is 252 g/mol. The molecule has 2 N–H and O–H groups in total. The fourth-order valence-corrected chi connectivity index (χ4v) is 1.69. The Labute approximate surface area is 122 Å². The predicted molar refractivity (Wildman–Crippen MR) is 83.7 cm³/mol. The molecule has 0 aliphatic heterocycles. The molecule has 0 aromatic rings. The van der Waals surface area contributed by atoms with E-state index in [1.807, 2.05) is 18.2 Å². The van der Waals surface area contributed by atoms with Crippen LogP contribution < -0.4 is 0 Å². The molecular formula is C17H28O3. The Balaban J connectivity index is 3.46. The SMILES string of the molecule is CCCCCCC=CC=CCC=CCCC(O)C(=O)O. The zero-order valence-corrected chi connectivity index (χ0v) is 12.5. The number of unbranched alkanes of at least 4 members (excludes halogenated alkanes) is 4. The van der Waals surface area contributed by atoms with Crippen LogP contribution in [0, 0.1) is 0 Å². The topological polar surface area (TPSA) is 57.5 Å². The van der Waals surface area contributed by atoms with Gasteiger partial charge in [-0.3, -0.25) is 0 Å². The summed E-state index contributed by atoms with van der Waals surface area (Å²) in [6.07, 6.45) is 19.1. The average Bonchev–Trinajstić information content (AvgIpc) is 2.43. The molecule has 0 bridgehead atoms. The van der Waals surface area contributed by atoms with Crippen molar-refractivity contribution in [1.29, 1.82) is 0 Å². The van der Waals surface area contributed by atoms with Crippen LogP contribution in [0.25, 0.3) is 0 Å². The van der Waals surface area contributed by atoms with Crippen molar-refractivity contribution in [3.8, 4) is 0 Å². The molecule has 0 aromatic carbocycles. The molecule has 0 aromatic heterocycles. The maximum Gasteiger partial charge on any atom is 0.332 e. The second-order valence-corrected chi connectivity index (χ2v) is 4.84. The molecule has 0 aliphatic carbocycles. The highest BCUT2D eigenvalue weighted by atomic mass is 16.4. The number of aliphatic hydroxyl groups is 1. The fourth-order valence-electron chi connectivity index (χ4n) is 1.69. The molecule has 0 rings (SSSR count).